The van der Waals surface area contributed by atoms with Crippen LogP contribution in [0.3, 0.4) is 0 Å². The van der Waals surface area contributed by atoms with Gasteiger partial charge in [-0.05, 0) is 44.6 Å². The Labute approximate surface area is 93.3 Å². The van der Waals surface area contributed by atoms with Crippen molar-refractivity contribution in [2.75, 3.05) is 0 Å². The van der Waals surface area contributed by atoms with Crippen LogP contribution in [0.5, 0.6) is 0 Å². The molecular formula is C14H22O. The van der Waals surface area contributed by atoms with Crippen molar-refractivity contribution in [2.45, 2.75) is 52.9 Å². The van der Waals surface area contributed by atoms with Crippen LogP contribution in [0.4, 0.5) is 0 Å². The van der Waals surface area contributed by atoms with E-state index in [2.05, 4.69) is 26.8 Å². The summed E-state index contributed by atoms with van der Waals surface area (Å²) in [6, 6.07) is 0. The fraction of sp³-hybridized carbons (Fsp3) is 0.643. The molecule has 0 spiro atoms. The van der Waals surface area contributed by atoms with E-state index in [1.807, 2.05) is 6.08 Å². The molecule has 0 saturated carbocycles. The predicted octanol–water partition coefficient (Wildman–Crippen LogP) is 4.05. The number of carbonyl (C=O) groups excluding carboxylic acids is 1. The Morgan fingerprint density at radius 1 is 1.53 bits per heavy atom. The highest BCUT2D eigenvalue weighted by Gasteiger charge is 2.13. The Balaban J connectivity index is 2.33. The average Bonchev–Trinajstić information content (AvgIpc) is 2.60. The monoisotopic (exact) mass is 206 g/mol. The first kappa shape index (κ1) is 12.2. The van der Waals surface area contributed by atoms with Crippen molar-refractivity contribution in [3.05, 3.63) is 23.3 Å². The molecular weight excluding hydrogens is 184 g/mol. The third-order valence-corrected chi connectivity index (χ3v) is 3.09. The predicted molar refractivity (Wildman–Crippen MR) is 64.8 cm³/mol. The Morgan fingerprint density at radius 2 is 2.27 bits per heavy atom. The molecule has 0 N–H and O–H groups in total. The van der Waals surface area contributed by atoms with E-state index >= 15 is 0 Å². The first-order chi connectivity index (χ1) is 7.11. The van der Waals surface area contributed by atoms with E-state index in [0.717, 1.165) is 32.1 Å². The van der Waals surface area contributed by atoms with Gasteiger partial charge < -0.3 is 0 Å². The van der Waals surface area contributed by atoms with Crippen LogP contribution in [0.15, 0.2) is 23.3 Å². The molecule has 0 aromatic carbocycles. The number of carbonyl (C=O) groups is 1. The maximum absolute atomic E-state index is 11.1. The van der Waals surface area contributed by atoms with Crippen molar-refractivity contribution in [2.24, 2.45) is 5.92 Å². The topological polar surface area (TPSA) is 17.1 Å². The average molecular weight is 206 g/mol. The van der Waals surface area contributed by atoms with Crippen LogP contribution in [-0.4, -0.2) is 5.78 Å². The second-order valence-electron chi connectivity index (χ2n) is 4.72. The van der Waals surface area contributed by atoms with Gasteiger partial charge in [-0.2, -0.15) is 0 Å². The Kier molecular flexibility index (Phi) is 4.80. The van der Waals surface area contributed by atoms with E-state index in [9.17, 15) is 4.79 Å². The standard InChI is InChI=1S/C14H22O/c1-4-11(2)5-6-12(3)9-13-7-8-14(15)10-13/h5,10,12H,4,6-9H2,1-3H3. The van der Waals surface area contributed by atoms with Gasteiger partial charge in [0.1, 0.15) is 0 Å². The van der Waals surface area contributed by atoms with Gasteiger partial charge >= 0.3 is 0 Å². The van der Waals surface area contributed by atoms with Crippen molar-refractivity contribution < 1.29 is 4.79 Å². The van der Waals surface area contributed by atoms with E-state index in [1.54, 1.807) is 0 Å². The summed E-state index contributed by atoms with van der Waals surface area (Å²) in [5, 5.41) is 0. The number of allylic oxidation sites excluding steroid dienone is 4. The molecule has 0 radical (unpaired) electrons. The van der Waals surface area contributed by atoms with E-state index in [4.69, 9.17) is 0 Å². The van der Waals surface area contributed by atoms with E-state index in [1.165, 1.54) is 11.1 Å². The minimum absolute atomic E-state index is 0.317. The molecule has 0 saturated heterocycles. The van der Waals surface area contributed by atoms with Crippen molar-refractivity contribution >= 4 is 5.78 Å². The summed E-state index contributed by atoms with van der Waals surface area (Å²) < 4.78 is 0. The zero-order valence-electron chi connectivity index (χ0n) is 10.2. The van der Waals surface area contributed by atoms with E-state index < -0.39 is 0 Å². The SMILES string of the molecule is CCC(C)=CCC(C)CC1=CC(=O)CC1. The molecule has 1 heteroatoms. The summed E-state index contributed by atoms with van der Waals surface area (Å²) in [4.78, 5) is 11.1. The van der Waals surface area contributed by atoms with Crippen LogP contribution >= 0.6 is 0 Å². The molecule has 0 amide bonds. The zero-order chi connectivity index (χ0) is 11.3. The number of rotatable bonds is 5. The summed E-state index contributed by atoms with van der Waals surface area (Å²) in [5.41, 5.74) is 2.83. The van der Waals surface area contributed by atoms with Crippen molar-refractivity contribution in [3.63, 3.8) is 0 Å². The molecule has 0 aliphatic heterocycles. The highest BCUT2D eigenvalue weighted by atomic mass is 16.1. The summed E-state index contributed by atoms with van der Waals surface area (Å²) in [6.45, 7) is 6.64. The van der Waals surface area contributed by atoms with Gasteiger partial charge in [0.2, 0.25) is 0 Å². The summed E-state index contributed by atoms with van der Waals surface area (Å²) in [5.74, 6) is 0.987. The van der Waals surface area contributed by atoms with Gasteiger partial charge in [-0.25, -0.2) is 0 Å². The van der Waals surface area contributed by atoms with Gasteiger partial charge in [0.25, 0.3) is 0 Å². The molecule has 1 rings (SSSR count). The molecule has 1 nitrogen and oxygen atoms in total. The normalized spacial score (nSPS) is 19.3. The fourth-order valence-corrected chi connectivity index (χ4v) is 1.89. The largest absolute Gasteiger partial charge is 0.295 e. The van der Waals surface area contributed by atoms with Crippen LogP contribution in [0.25, 0.3) is 0 Å². The smallest absolute Gasteiger partial charge is 0.155 e. The lowest BCUT2D eigenvalue weighted by Gasteiger charge is -2.09. The minimum Gasteiger partial charge on any atom is -0.295 e. The number of ketones is 1. The van der Waals surface area contributed by atoms with Gasteiger partial charge in [0.15, 0.2) is 5.78 Å². The van der Waals surface area contributed by atoms with Gasteiger partial charge in [0.05, 0.1) is 0 Å². The molecule has 1 unspecified atom stereocenters. The first-order valence-corrected chi connectivity index (χ1v) is 5.99. The number of hydrogen-bond acceptors (Lipinski definition) is 1. The molecule has 1 aliphatic rings. The summed E-state index contributed by atoms with van der Waals surface area (Å²) in [6.07, 6.45) is 9.32. The maximum Gasteiger partial charge on any atom is 0.155 e. The van der Waals surface area contributed by atoms with E-state index in [0.29, 0.717) is 11.7 Å². The second kappa shape index (κ2) is 5.89. The van der Waals surface area contributed by atoms with Gasteiger partial charge in [-0.1, -0.05) is 31.1 Å². The Hall–Kier alpha value is -0.850. The summed E-state index contributed by atoms with van der Waals surface area (Å²) >= 11 is 0. The highest BCUT2D eigenvalue weighted by Crippen LogP contribution is 2.24. The Bertz CT molecular complexity index is 284. The van der Waals surface area contributed by atoms with Crippen molar-refractivity contribution in [1.82, 2.24) is 0 Å². The molecule has 0 fully saturated rings. The minimum atomic E-state index is 0.317. The lowest BCUT2D eigenvalue weighted by molar-refractivity contribution is -0.114. The van der Waals surface area contributed by atoms with Crippen LogP contribution < -0.4 is 0 Å². The molecule has 0 bridgehead atoms. The quantitative estimate of drug-likeness (QED) is 0.620. The molecule has 1 atom stereocenters. The van der Waals surface area contributed by atoms with Crippen LogP contribution in [0, 0.1) is 5.92 Å². The Morgan fingerprint density at radius 3 is 2.80 bits per heavy atom. The third-order valence-electron chi connectivity index (χ3n) is 3.09. The molecule has 0 aromatic heterocycles. The van der Waals surface area contributed by atoms with Crippen molar-refractivity contribution in [1.29, 1.82) is 0 Å². The molecule has 0 aromatic rings. The first-order valence-electron chi connectivity index (χ1n) is 5.99. The maximum atomic E-state index is 11.1. The lowest BCUT2D eigenvalue weighted by Crippen LogP contribution is -1.94. The van der Waals surface area contributed by atoms with Gasteiger partial charge in [-0.15, -0.1) is 0 Å². The van der Waals surface area contributed by atoms with E-state index in [-0.39, 0.29) is 0 Å². The summed E-state index contributed by atoms with van der Waals surface area (Å²) in [7, 11) is 0. The fourth-order valence-electron chi connectivity index (χ4n) is 1.89. The molecule has 1 aliphatic carbocycles. The third kappa shape index (κ3) is 4.46. The molecule has 84 valence electrons. The van der Waals surface area contributed by atoms with Crippen LogP contribution in [-0.2, 0) is 4.79 Å². The van der Waals surface area contributed by atoms with Crippen molar-refractivity contribution in [3.8, 4) is 0 Å². The molecule has 0 heterocycles. The van der Waals surface area contributed by atoms with Gasteiger partial charge in [0, 0.05) is 6.42 Å². The number of hydrogen-bond donors (Lipinski definition) is 0. The second-order valence-corrected chi connectivity index (χ2v) is 4.72. The van der Waals surface area contributed by atoms with Crippen LogP contribution in [0.2, 0.25) is 0 Å². The molecule has 15 heavy (non-hydrogen) atoms. The zero-order valence-corrected chi connectivity index (χ0v) is 10.2. The lowest BCUT2D eigenvalue weighted by atomic mass is 9.96. The van der Waals surface area contributed by atoms with Gasteiger partial charge in [-0.3, -0.25) is 4.79 Å². The van der Waals surface area contributed by atoms with Crippen LogP contribution in [0.1, 0.15) is 52.9 Å². The highest BCUT2D eigenvalue weighted by molar-refractivity contribution is 5.92.